The van der Waals surface area contributed by atoms with Crippen LogP contribution in [0.2, 0.25) is 0 Å². The quantitative estimate of drug-likeness (QED) is 0.589. The minimum atomic E-state index is -4.13. The van der Waals surface area contributed by atoms with Crippen molar-refractivity contribution in [3.8, 4) is 0 Å². The molecule has 0 aromatic carbocycles. The van der Waals surface area contributed by atoms with Crippen LogP contribution in [0.15, 0.2) is 0 Å². The van der Waals surface area contributed by atoms with Crippen LogP contribution in [0.1, 0.15) is 0 Å². The van der Waals surface area contributed by atoms with Crippen molar-refractivity contribution < 1.29 is 23.5 Å². The maximum absolute atomic E-state index is 10.4. The van der Waals surface area contributed by atoms with Gasteiger partial charge in [-0.1, -0.05) is 0 Å². The first-order chi connectivity index (χ1) is 4.04. The van der Waals surface area contributed by atoms with Crippen LogP contribution in [0.5, 0.6) is 0 Å². The minimum Gasteiger partial charge on any atom is -0.460 e. The maximum Gasteiger partial charge on any atom is 0.435 e. The molecule has 0 amide bonds. The number of carbonyl (C=O) groups is 1. The molecule has 6 heteroatoms. The Hall–Kier alpha value is -0.380. The molecule has 0 radical (unpaired) electrons. The highest BCUT2D eigenvalue weighted by Gasteiger charge is 2.29. The molecule has 0 aliphatic rings. The van der Waals surface area contributed by atoms with Gasteiger partial charge in [-0.05, 0) is 0 Å². The summed E-state index contributed by atoms with van der Waals surface area (Å²) in [6.07, 6.45) is 0. The van der Waals surface area contributed by atoms with Crippen molar-refractivity contribution in [2.75, 3.05) is 14.2 Å². The summed E-state index contributed by atoms with van der Waals surface area (Å²) in [6.45, 7) is 0. The molecule has 0 saturated heterocycles. The minimum absolute atomic E-state index is 0.956. The number of carbonyl (C=O) groups excluding carboxylic acids is 1. The van der Waals surface area contributed by atoms with Crippen molar-refractivity contribution in [1.82, 2.24) is 0 Å². The summed E-state index contributed by atoms with van der Waals surface area (Å²) in [5.41, 5.74) is -1.25. The van der Waals surface area contributed by atoms with Crippen LogP contribution in [0.4, 0.5) is 4.79 Å². The van der Waals surface area contributed by atoms with Crippen LogP contribution in [-0.4, -0.2) is 24.8 Å². The fourth-order valence-corrected chi connectivity index (χ4v) is 0.570. The lowest BCUT2D eigenvalue weighted by Crippen LogP contribution is -1.99. The summed E-state index contributed by atoms with van der Waals surface area (Å²) >= 11 is 0. The average Bonchev–Trinajstić information content (AvgIpc) is 1.86. The Morgan fingerprint density at radius 1 is 1.56 bits per heavy atom. The van der Waals surface area contributed by atoms with Crippen molar-refractivity contribution >= 4 is 13.3 Å². The average molecular weight is 154 g/mol. The first kappa shape index (κ1) is 8.62. The fourth-order valence-electron chi connectivity index (χ4n) is 0.190. The third-order valence-electron chi connectivity index (χ3n) is 0.653. The van der Waals surface area contributed by atoms with Gasteiger partial charge in [0.1, 0.15) is 0 Å². The third kappa shape index (κ3) is 2.13. The molecule has 1 atom stereocenters. The molecule has 0 bridgehead atoms. The highest BCUT2D eigenvalue weighted by atomic mass is 31.2. The van der Waals surface area contributed by atoms with Gasteiger partial charge in [0.05, 0.1) is 7.11 Å². The summed E-state index contributed by atoms with van der Waals surface area (Å²) in [6, 6.07) is 0. The standard InChI is InChI=1S/C3H7O5P/c1-7-3(4)9(5,6)8-2/h1-2H3,(H,5,6). The molecule has 0 saturated carbocycles. The van der Waals surface area contributed by atoms with E-state index >= 15 is 0 Å². The van der Waals surface area contributed by atoms with Crippen LogP contribution < -0.4 is 0 Å². The van der Waals surface area contributed by atoms with Gasteiger partial charge >= 0.3 is 13.3 Å². The molecule has 0 spiro atoms. The number of hydrogen-bond acceptors (Lipinski definition) is 4. The molecular weight excluding hydrogens is 147 g/mol. The predicted molar refractivity (Wildman–Crippen MR) is 29.2 cm³/mol. The molecule has 0 heterocycles. The predicted octanol–water partition coefficient (Wildman–Crippen LogP) is 0.585. The summed E-state index contributed by atoms with van der Waals surface area (Å²) < 4.78 is 18.2. The number of hydrogen-bond donors (Lipinski definition) is 1. The van der Waals surface area contributed by atoms with E-state index in [0.29, 0.717) is 0 Å². The van der Waals surface area contributed by atoms with Crippen molar-refractivity contribution in [3.05, 3.63) is 0 Å². The molecule has 0 fully saturated rings. The van der Waals surface area contributed by atoms with E-state index in [-0.39, 0.29) is 0 Å². The van der Waals surface area contributed by atoms with Crippen molar-refractivity contribution in [2.45, 2.75) is 0 Å². The first-order valence-corrected chi connectivity index (χ1v) is 3.59. The Kier molecular flexibility index (Phi) is 2.84. The lowest BCUT2D eigenvalue weighted by molar-refractivity contribution is 0.183. The lowest BCUT2D eigenvalue weighted by Gasteiger charge is -2.03. The van der Waals surface area contributed by atoms with Crippen molar-refractivity contribution in [1.29, 1.82) is 0 Å². The molecule has 0 aromatic heterocycles. The second-order valence-corrected chi connectivity index (χ2v) is 2.94. The number of ether oxygens (including phenoxy) is 1. The summed E-state index contributed by atoms with van der Waals surface area (Å²) in [7, 11) is -2.17. The smallest absolute Gasteiger partial charge is 0.435 e. The van der Waals surface area contributed by atoms with Gasteiger partial charge in [0.2, 0.25) is 0 Å². The SMILES string of the molecule is COC(=O)P(=O)(O)OC. The largest absolute Gasteiger partial charge is 0.460 e. The normalized spacial score (nSPS) is 16.3. The second kappa shape index (κ2) is 2.96. The second-order valence-electron chi connectivity index (χ2n) is 1.17. The molecule has 0 aliphatic carbocycles. The van der Waals surface area contributed by atoms with E-state index in [4.69, 9.17) is 4.89 Å². The molecule has 54 valence electrons. The third-order valence-corrected chi connectivity index (χ3v) is 1.79. The Bertz CT molecular complexity index is 152. The van der Waals surface area contributed by atoms with Crippen LogP contribution in [-0.2, 0) is 13.8 Å². The summed E-state index contributed by atoms with van der Waals surface area (Å²) in [5, 5.41) is 0. The zero-order valence-electron chi connectivity index (χ0n) is 5.03. The van der Waals surface area contributed by atoms with Gasteiger partial charge in [-0.15, -0.1) is 0 Å². The van der Waals surface area contributed by atoms with E-state index in [1.54, 1.807) is 0 Å². The topological polar surface area (TPSA) is 72.8 Å². The molecule has 1 unspecified atom stereocenters. The fraction of sp³-hybridized carbons (Fsp3) is 0.667. The molecule has 9 heavy (non-hydrogen) atoms. The highest BCUT2D eigenvalue weighted by Crippen LogP contribution is 2.42. The van der Waals surface area contributed by atoms with Crippen molar-refractivity contribution in [3.63, 3.8) is 0 Å². The van der Waals surface area contributed by atoms with Crippen LogP contribution >= 0.6 is 7.60 Å². The van der Waals surface area contributed by atoms with Gasteiger partial charge < -0.3 is 14.2 Å². The van der Waals surface area contributed by atoms with Crippen LogP contribution in [0, 0.1) is 0 Å². The van der Waals surface area contributed by atoms with Gasteiger partial charge in [0.25, 0.3) is 0 Å². The van der Waals surface area contributed by atoms with Gasteiger partial charge in [0, 0.05) is 7.11 Å². The van der Waals surface area contributed by atoms with Crippen LogP contribution in [0.25, 0.3) is 0 Å². The Morgan fingerprint density at radius 3 is 2.11 bits per heavy atom. The van der Waals surface area contributed by atoms with E-state index < -0.39 is 13.3 Å². The Morgan fingerprint density at radius 2 is 2.00 bits per heavy atom. The first-order valence-electron chi connectivity index (χ1n) is 2.01. The molecule has 1 N–H and O–H groups in total. The molecule has 5 nitrogen and oxygen atoms in total. The molecule has 0 rings (SSSR count). The molecule has 0 aliphatic heterocycles. The summed E-state index contributed by atoms with van der Waals surface area (Å²) in [4.78, 5) is 18.7. The maximum atomic E-state index is 10.4. The molecule has 0 aromatic rings. The highest BCUT2D eigenvalue weighted by molar-refractivity contribution is 7.70. The van der Waals surface area contributed by atoms with Gasteiger partial charge in [-0.25, -0.2) is 9.36 Å². The van der Waals surface area contributed by atoms with Gasteiger partial charge in [-0.2, -0.15) is 0 Å². The van der Waals surface area contributed by atoms with E-state index in [1.165, 1.54) is 0 Å². The molecular formula is C3H7O5P. The number of rotatable bonds is 2. The van der Waals surface area contributed by atoms with E-state index in [2.05, 4.69) is 9.26 Å². The summed E-state index contributed by atoms with van der Waals surface area (Å²) in [5.74, 6) is 0. The Balaban J connectivity index is 4.16. The Labute approximate surface area is 52.1 Å². The van der Waals surface area contributed by atoms with Crippen molar-refractivity contribution in [2.24, 2.45) is 0 Å². The van der Waals surface area contributed by atoms with Gasteiger partial charge in [-0.3, -0.25) is 0 Å². The monoisotopic (exact) mass is 154 g/mol. The van der Waals surface area contributed by atoms with Crippen LogP contribution in [0.3, 0.4) is 0 Å². The van der Waals surface area contributed by atoms with E-state index in [0.717, 1.165) is 14.2 Å². The zero-order valence-corrected chi connectivity index (χ0v) is 5.92. The lowest BCUT2D eigenvalue weighted by atomic mass is 11.5. The van der Waals surface area contributed by atoms with E-state index in [1.807, 2.05) is 0 Å². The zero-order chi connectivity index (χ0) is 7.49. The van der Waals surface area contributed by atoms with E-state index in [9.17, 15) is 9.36 Å². The number of methoxy groups -OCH3 is 1. The van der Waals surface area contributed by atoms with Gasteiger partial charge in [0.15, 0.2) is 0 Å².